The van der Waals surface area contributed by atoms with Crippen LogP contribution in [-0.4, -0.2) is 19.5 Å². The Bertz CT molecular complexity index is 3530. The van der Waals surface area contributed by atoms with Crippen LogP contribution in [-0.2, 0) is 0 Å². The van der Waals surface area contributed by atoms with Gasteiger partial charge in [0.05, 0.1) is 11.0 Å². The third-order valence-electron chi connectivity index (χ3n) is 11.1. The molecule has 0 N–H and O–H groups in total. The number of hydrogen-bond acceptors (Lipinski definition) is 5. The average Bonchev–Trinajstić information content (AvgIpc) is 3.96. The Morgan fingerprint density at radius 3 is 1.63 bits per heavy atom. The van der Waals surface area contributed by atoms with E-state index in [1.807, 2.05) is 72.8 Å². The normalized spacial score (nSPS) is 11.9. The van der Waals surface area contributed by atoms with Gasteiger partial charge in [-0.05, 0) is 65.7 Å². The van der Waals surface area contributed by atoms with Crippen LogP contribution in [0, 0.1) is 0 Å². The lowest BCUT2D eigenvalue weighted by atomic mass is 9.97. The van der Waals surface area contributed by atoms with Gasteiger partial charge in [-0.3, -0.25) is 0 Å². The van der Waals surface area contributed by atoms with Crippen molar-refractivity contribution in [3.8, 4) is 51.0 Å². The van der Waals surface area contributed by atoms with Crippen LogP contribution in [0.3, 0.4) is 0 Å². The Balaban J connectivity index is 1.06. The number of rotatable bonds is 5. The summed E-state index contributed by atoms with van der Waals surface area (Å²) in [5.41, 5.74) is 11.5. The summed E-state index contributed by atoms with van der Waals surface area (Å²) < 4.78 is 15.3. The fraction of sp³-hybridized carbons (Fsp3) is 0. The topological polar surface area (TPSA) is 69.9 Å². The highest BCUT2D eigenvalue weighted by atomic mass is 16.3. The van der Waals surface area contributed by atoms with Gasteiger partial charge in [-0.2, -0.15) is 0 Å². The highest BCUT2D eigenvalue weighted by Crippen LogP contribution is 2.43. The fourth-order valence-electron chi connectivity index (χ4n) is 8.59. The van der Waals surface area contributed by atoms with Gasteiger partial charge in [-0.1, -0.05) is 127 Å². The summed E-state index contributed by atoms with van der Waals surface area (Å²) in [6.07, 6.45) is 0. The van der Waals surface area contributed by atoms with Gasteiger partial charge in [0.1, 0.15) is 22.3 Å². The quantitative estimate of drug-likeness (QED) is 0.176. The molecule has 266 valence electrons. The van der Waals surface area contributed by atoms with Gasteiger partial charge < -0.3 is 13.4 Å². The van der Waals surface area contributed by atoms with Gasteiger partial charge >= 0.3 is 0 Å². The van der Waals surface area contributed by atoms with Crippen LogP contribution < -0.4 is 0 Å². The van der Waals surface area contributed by atoms with E-state index >= 15 is 0 Å². The van der Waals surface area contributed by atoms with Gasteiger partial charge in [0, 0.05) is 54.7 Å². The summed E-state index contributed by atoms with van der Waals surface area (Å²) in [6.45, 7) is 0. The number of aromatic nitrogens is 4. The zero-order valence-corrected chi connectivity index (χ0v) is 30.4. The van der Waals surface area contributed by atoms with Crippen molar-refractivity contribution in [2.75, 3.05) is 0 Å². The minimum Gasteiger partial charge on any atom is -0.456 e. The van der Waals surface area contributed by atoms with E-state index < -0.39 is 0 Å². The van der Waals surface area contributed by atoms with Crippen molar-refractivity contribution in [1.82, 2.24) is 19.5 Å². The predicted molar refractivity (Wildman–Crippen MR) is 230 cm³/mol. The second-order valence-corrected chi connectivity index (χ2v) is 14.3. The molecule has 8 aromatic carbocycles. The summed E-state index contributed by atoms with van der Waals surface area (Å²) >= 11 is 0. The molecule has 0 saturated heterocycles. The first-order chi connectivity index (χ1) is 28.3. The van der Waals surface area contributed by atoms with Crippen molar-refractivity contribution in [3.63, 3.8) is 0 Å². The molecule has 0 aliphatic rings. The monoisotopic (exact) mass is 730 g/mol. The second kappa shape index (κ2) is 12.3. The van der Waals surface area contributed by atoms with Gasteiger partial charge in [0.15, 0.2) is 17.5 Å². The number of hydrogen-bond donors (Lipinski definition) is 0. The maximum Gasteiger partial charge on any atom is 0.164 e. The fourth-order valence-corrected chi connectivity index (χ4v) is 8.59. The molecule has 0 saturated carbocycles. The van der Waals surface area contributed by atoms with Gasteiger partial charge in [0.2, 0.25) is 0 Å². The maximum atomic E-state index is 6.69. The largest absolute Gasteiger partial charge is 0.456 e. The summed E-state index contributed by atoms with van der Waals surface area (Å²) in [5.74, 6) is 1.74. The van der Waals surface area contributed by atoms with Crippen LogP contribution in [0.25, 0.3) is 117 Å². The minimum atomic E-state index is 0.569. The standard InChI is InChI=1S/C51H30N4O2/c1-3-14-31(15-4-1)49-52-50(38-21-12-26-43-47(38)36-19-8-10-25-42(36)56-43)54-51(53-49)39-22-13-27-44-48(39)37-29-28-32(30-45(37)57-44)34-20-11-24-41-46(34)35-18-7-9-23-40(35)55(41)33-16-5-2-6-17-33/h1-30H. The lowest BCUT2D eigenvalue weighted by Crippen LogP contribution is -2.00. The molecule has 0 fully saturated rings. The number of para-hydroxylation sites is 3. The first-order valence-corrected chi connectivity index (χ1v) is 19.0. The Morgan fingerprint density at radius 1 is 0.333 bits per heavy atom. The molecule has 4 heterocycles. The summed E-state index contributed by atoms with van der Waals surface area (Å²) in [7, 11) is 0. The van der Waals surface area contributed by atoms with Crippen molar-refractivity contribution in [2.45, 2.75) is 0 Å². The van der Waals surface area contributed by atoms with Crippen molar-refractivity contribution < 1.29 is 8.83 Å². The molecule has 4 aromatic heterocycles. The molecule has 6 heteroatoms. The number of nitrogens with zero attached hydrogens (tertiary/aromatic N) is 4. The van der Waals surface area contributed by atoms with Crippen LogP contribution >= 0.6 is 0 Å². The van der Waals surface area contributed by atoms with Crippen molar-refractivity contribution in [1.29, 1.82) is 0 Å². The van der Waals surface area contributed by atoms with Gasteiger partial charge in [-0.25, -0.2) is 15.0 Å². The van der Waals surface area contributed by atoms with Crippen LogP contribution in [0.15, 0.2) is 191 Å². The van der Waals surface area contributed by atoms with E-state index in [2.05, 4.69) is 114 Å². The summed E-state index contributed by atoms with van der Waals surface area (Å²) in [4.78, 5) is 15.4. The molecule has 12 aromatic rings. The maximum absolute atomic E-state index is 6.69. The summed E-state index contributed by atoms with van der Waals surface area (Å²) in [6, 6.07) is 62.6. The zero-order valence-electron chi connectivity index (χ0n) is 30.4. The van der Waals surface area contributed by atoms with E-state index in [-0.39, 0.29) is 0 Å². The predicted octanol–water partition coefficient (Wildman–Crippen LogP) is 13.4. The Morgan fingerprint density at radius 2 is 0.877 bits per heavy atom. The lowest BCUT2D eigenvalue weighted by molar-refractivity contribution is 0.668. The minimum absolute atomic E-state index is 0.569. The van der Waals surface area contributed by atoms with Crippen LogP contribution in [0.2, 0.25) is 0 Å². The second-order valence-electron chi connectivity index (χ2n) is 14.3. The smallest absolute Gasteiger partial charge is 0.164 e. The molecule has 0 bridgehead atoms. The highest BCUT2D eigenvalue weighted by Gasteiger charge is 2.22. The zero-order chi connectivity index (χ0) is 37.5. The highest BCUT2D eigenvalue weighted by molar-refractivity contribution is 6.18. The number of furan rings is 2. The molecule has 0 radical (unpaired) electrons. The van der Waals surface area contributed by atoms with Gasteiger partial charge in [-0.15, -0.1) is 0 Å². The van der Waals surface area contributed by atoms with Crippen molar-refractivity contribution in [2.24, 2.45) is 0 Å². The van der Waals surface area contributed by atoms with E-state index in [0.717, 1.165) is 82.9 Å². The molecular weight excluding hydrogens is 701 g/mol. The van der Waals surface area contributed by atoms with E-state index in [1.54, 1.807) is 0 Å². The molecule has 0 spiro atoms. The molecule has 0 atom stereocenters. The third kappa shape index (κ3) is 4.87. The SMILES string of the molecule is c1ccc(-c2nc(-c3cccc4oc5ccccc5c34)nc(-c3cccc4oc5cc(-c6cccc7c6c6ccccc6n7-c6ccccc6)ccc5c34)n2)cc1. The number of fused-ring (bicyclic) bond motifs is 9. The Hall–Kier alpha value is -7.83. The van der Waals surface area contributed by atoms with Crippen LogP contribution in [0.4, 0.5) is 0 Å². The van der Waals surface area contributed by atoms with Crippen molar-refractivity contribution >= 4 is 65.7 Å². The van der Waals surface area contributed by atoms with Gasteiger partial charge in [0.25, 0.3) is 0 Å². The van der Waals surface area contributed by atoms with Crippen LogP contribution in [0.1, 0.15) is 0 Å². The van der Waals surface area contributed by atoms with E-state index in [1.165, 1.54) is 16.3 Å². The van der Waals surface area contributed by atoms with E-state index in [9.17, 15) is 0 Å². The lowest BCUT2D eigenvalue weighted by Gasteiger charge is -2.10. The Labute approximate surface area is 325 Å². The molecule has 0 aliphatic carbocycles. The molecule has 0 aliphatic heterocycles. The molecule has 57 heavy (non-hydrogen) atoms. The number of benzene rings is 8. The molecule has 0 unspecified atom stereocenters. The van der Waals surface area contributed by atoms with Crippen molar-refractivity contribution in [3.05, 3.63) is 182 Å². The van der Waals surface area contributed by atoms with E-state index in [4.69, 9.17) is 23.8 Å². The Kier molecular flexibility index (Phi) is 6.83. The molecule has 6 nitrogen and oxygen atoms in total. The average molecular weight is 731 g/mol. The van der Waals surface area contributed by atoms with E-state index in [0.29, 0.717) is 17.5 Å². The first-order valence-electron chi connectivity index (χ1n) is 19.0. The first kappa shape index (κ1) is 31.5. The molecule has 0 amide bonds. The summed E-state index contributed by atoms with van der Waals surface area (Å²) in [5, 5.41) is 6.36. The van der Waals surface area contributed by atoms with Crippen LogP contribution in [0.5, 0.6) is 0 Å². The molecule has 12 rings (SSSR count). The third-order valence-corrected chi connectivity index (χ3v) is 11.1. The molecular formula is C51H30N4O2.